The molecule has 0 radical (unpaired) electrons. The number of nitrogens with one attached hydrogen (secondary N) is 2. The van der Waals surface area contributed by atoms with Gasteiger partial charge in [0.1, 0.15) is 0 Å². The smallest absolute Gasteiger partial charge is 0.266 e. The Morgan fingerprint density at radius 2 is 2.38 bits per heavy atom. The Morgan fingerprint density at radius 3 is 2.92 bits per heavy atom. The van der Waals surface area contributed by atoms with E-state index in [0.717, 1.165) is 6.92 Å². The van der Waals surface area contributed by atoms with Crippen LogP contribution in [0.4, 0.5) is 14.5 Å². The van der Waals surface area contributed by atoms with Gasteiger partial charge in [-0.2, -0.15) is 5.10 Å². The molecule has 1 aromatic heterocycles. The molecule has 6 heteroatoms. The maximum Gasteiger partial charge on any atom is 0.266 e. The van der Waals surface area contributed by atoms with E-state index in [1.807, 2.05) is 0 Å². The maximum absolute atomic E-state index is 12.3. The van der Waals surface area contributed by atoms with E-state index in [4.69, 9.17) is 0 Å². The van der Waals surface area contributed by atoms with Crippen molar-refractivity contribution in [2.75, 3.05) is 11.9 Å². The summed E-state index contributed by atoms with van der Waals surface area (Å²) in [7, 11) is 0. The average molecular weight is 189 g/mol. The lowest BCUT2D eigenvalue weighted by Gasteiger charge is -2.11. The molecular formula is C7H9F2N3O. The second-order valence-electron chi connectivity index (χ2n) is 2.76. The number of nitrogens with zero attached hydrogens (tertiary/aromatic N) is 1. The number of H-pyrrole nitrogens is 1. The van der Waals surface area contributed by atoms with Crippen molar-refractivity contribution in [3.05, 3.63) is 22.6 Å². The van der Waals surface area contributed by atoms with E-state index >= 15 is 0 Å². The lowest BCUT2D eigenvalue weighted by atomic mass is 10.3. The lowest BCUT2D eigenvalue weighted by molar-refractivity contribution is 0.0367. The zero-order valence-corrected chi connectivity index (χ0v) is 6.97. The molecule has 2 N–H and O–H groups in total. The van der Waals surface area contributed by atoms with Crippen molar-refractivity contribution in [1.82, 2.24) is 10.2 Å². The van der Waals surface area contributed by atoms with Crippen molar-refractivity contribution in [1.29, 1.82) is 0 Å². The van der Waals surface area contributed by atoms with Gasteiger partial charge < -0.3 is 5.32 Å². The van der Waals surface area contributed by atoms with E-state index in [-0.39, 0.29) is 5.69 Å². The van der Waals surface area contributed by atoms with Crippen LogP contribution >= 0.6 is 0 Å². The first-order valence-electron chi connectivity index (χ1n) is 3.64. The number of halogens is 2. The highest BCUT2D eigenvalue weighted by Gasteiger charge is 2.20. The van der Waals surface area contributed by atoms with E-state index in [9.17, 15) is 13.6 Å². The molecule has 0 atom stereocenters. The third-order valence-electron chi connectivity index (χ3n) is 1.27. The summed E-state index contributed by atoms with van der Waals surface area (Å²) < 4.78 is 24.7. The van der Waals surface area contributed by atoms with E-state index in [1.165, 1.54) is 12.3 Å². The minimum Gasteiger partial charge on any atom is -0.378 e. The molecule has 4 nitrogen and oxygen atoms in total. The average Bonchev–Trinajstić information content (AvgIpc) is 2.00. The van der Waals surface area contributed by atoms with Gasteiger partial charge >= 0.3 is 0 Å². The molecule has 0 saturated heterocycles. The van der Waals surface area contributed by atoms with Crippen molar-refractivity contribution in [2.24, 2.45) is 0 Å². The summed E-state index contributed by atoms with van der Waals surface area (Å²) in [5, 5.41) is 7.97. The zero-order chi connectivity index (χ0) is 9.90. The Bertz CT molecular complexity index is 331. The van der Waals surface area contributed by atoms with Crippen LogP contribution in [0.1, 0.15) is 6.92 Å². The molecule has 13 heavy (non-hydrogen) atoms. The summed E-state index contributed by atoms with van der Waals surface area (Å²) in [6, 6.07) is 1.17. The summed E-state index contributed by atoms with van der Waals surface area (Å²) in [6.07, 6.45) is 1.27. The molecule has 1 aromatic rings. The van der Waals surface area contributed by atoms with E-state index in [1.54, 1.807) is 0 Å². The Hall–Kier alpha value is -1.46. The molecule has 1 rings (SSSR count). The van der Waals surface area contributed by atoms with Crippen LogP contribution in [-0.4, -0.2) is 22.7 Å². The van der Waals surface area contributed by atoms with Gasteiger partial charge in [-0.05, 0) is 0 Å². The molecule has 0 aliphatic heterocycles. The fourth-order valence-corrected chi connectivity index (χ4v) is 0.730. The van der Waals surface area contributed by atoms with Crippen LogP contribution in [0.2, 0.25) is 0 Å². The second-order valence-corrected chi connectivity index (χ2v) is 2.76. The second kappa shape index (κ2) is 3.51. The highest BCUT2D eigenvalue weighted by molar-refractivity contribution is 5.38. The first kappa shape index (κ1) is 9.63. The maximum atomic E-state index is 12.3. The van der Waals surface area contributed by atoms with Crippen LogP contribution < -0.4 is 10.9 Å². The van der Waals surface area contributed by atoms with Crippen molar-refractivity contribution in [3.8, 4) is 0 Å². The van der Waals surface area contributed by atoms with Crippen LogP contribution in [-0.2, 0) is 0 Å². The molecule has 0 spiro atoms. The van der Waals surface area contributed by atoms with E-state index < -0.39 is 18.0 Å². The topological polar surface area (TPSA) is 57.8 Å². The number of rotatable bonds is 3. The van der Waals surface area contributed by atoms with Crippen LogP contribution in [0, 0.1) is 0 Å². The van der Waals surface area contributed by atoms with Gasteiger partial charge in [-0.15, -0.1) is 0 Å². The van der Waals surface area contributed by atoms with Gasteiger partial charge in [-0.1, -0.05) is 0 Å². The Morgan fingerprint density at radius 1 is 1.69 bits per heavy atom. The molecule has 0 aromatic carbocycles. The highest BCUT2D eigenvalue weighted by atomic mass is 19.3. The van der Waals surface area contributed by atoms with E-state index in [0.29, 0.717) is 0 Å². The number of aromatic amines is 1. The normalized spacial score (nSPS) is 11.3. The molecule has 0 fully saturated rings. The molecule has 0 aliphatic carbocycles. The summed E-state index contributed by atoms with van der Waals surface area (Å²) in [5.74, 6) is -2.80. The first-order valence-corrected chi connectivity index (χ1v) is 3.64. The van der Waals surface area contributed by atoms with Gasteiger partial charge in [-0.3, -0.25) is 4.79 Å². The van der Waals surface area contributed by atoms with Crippen molar-refractivity contribution >= 4 is 5.69 Å². The fourth-order valence-electron chi connectivity index (χ4n) is 0.730. The standard InChI is InChI=1S/C7H9F2N3O/c1-7(8,9)4-10-5-2-6(13)12-11-3-5/h2-3H,4H2,1H3,(H2,10,12,13). The number of hydrogen-bond acceptors (Lipinski definition) is 3. The largest absolute Gasteiger partial charge is 0.378 e. The number of alkyl halides is 2. The molecule has 1 heterocycles. The third kappa shape index (κ3) is 3.64. The third-order valence-corrected chi connectivity index (χ3v) is 1.27. The van der Waals surface area contributed by atoms with Crippen molar-refractivity contribution in [3.63, 3.8) is 0 Å². The van der Waals surface area contributed by atoms with Crippen LogP contribution in [0.3, 0.4) is 0 Å². The first-order chi connectivity index (χ1) is 5.97. The SMILES string of the molecule is CC(F)(F)CNc1cn[nH]c(=O)c1. The Kier molecular flexibility index (Phi) is 2.60. The van der Waals surface area contributed by atoms with Gasteiger partial charge in [-0.25, -0.2) is 13.9 Å². The van der Waals surface area contributed by atoms with Crippen molar-refractivity contribution < 1.29 is 8.78 Å². The van der Waals surface area contributed by atoms with Gasteiger partial charge in [0.05, 0.1) is 18.4 Å². The highest BCUT2D eigenvalue weighted by Crippen LogP contribution is 2.12. The molecule has 0 bridgehead atoms. The predicted octanol–water partition coefficient (Wildman–Crippen LogP) is 0.837. The van der Waals surface area contributed by atoms with Crippen LogP contribution in [0.25, 0.3) is 0 Å². The van der Waals surface area contributed by atoms with Crippen LogP contribution in [0.15, 0.2) is 17.1 Å². The number of anilines is 1. The van der Waals surface area contributed by atoms with Gasteiger partial charge in [0.25, 0.3) is 11.5 Å². The predicted molar refractivity (Wildman–Crippen MR) is 44.0 cm³/mol. The minimum absolute atomic E-state index is 0.283. The van der Waals surface area contributed by atoms with Crippen molar-refractivity contribution in [2.45, 2.75) is 12.8 Å². The monoisotopic (exact) mass is 189 g/mol. The summed E-state index contributed by atoms with van der Waals surface area (Å²) in [6.45, 7) is 0.277. The van der Waals surface area contributed by atoms with Gasteiger partial charge in [0, 0.05) is 13.0 Å². The zero-order valence-electron chi connectivity index (χ0n) is 6.97. The number of hydrogen-bond donors (Lipinski definition) is 2. The molecule has 0 aliphatic rings. The van der Waals surface area contributed by atoms with Crippen LogP contribution in [0.5, 0.6) is 0 Å². The van der Waals surface area contributed by atoms with E-state index in [2.05, 4.69) is 15.5 Å². The Balaban J connectivity index is 2.60. The molecule has 72 valence electrons. The van der Waals surface area contributed by atoms with Gasteiger partial charge in [0.15, 0.2) is 0 Å². The summed E-state index contributed by atoms with van der Waals surface area (Å²) >= 11 is 0. The minimum atomic E-state index is -2.80. The fraction of sp³-hybridized carbons (Fsp3) is 0.429. The molecule has 0 saturated carbocycles. The summed E-state index contributed by atoms with van der Waals surface area (Å²) in [5.41, 5.74) is -0.144. The molecule has 0 amide bonds. The molecular weight excluding hydrogens is 180 g/mol. The molecule has 0 unspecified atom stereocenters. The Labute approximate surface area is 73.0 Å². The number of aromatic nitrogens is 2. The summed E-state index contributed by atoms with van der Waals surface area (Å²) in [4.78, 5) is 10.7. The van der Waals surface area contributed by atoms with Gasteiger partial charge in [0.2, 0.25) is 0 Å². The lowest BCUT2D eigenvalue weighted by Crippen LogP contribution is -2.23. The quantitative estimate of drug-likeness (QED) is 0.740.